The Morgan fingerprint density at radius 2 is 2.21 bits per heavy atom. The molecule has 0 radical (unpaired) electrons. The number of rotatable bonds is 5. The van der Waals surface area contributed by atoms with E-state index in [9.17, 15) is 9.59 Å². The van der Waals surface area contributed by atoms with Gasteiger partial charge >= 0.3 is 0 Å². The van der Waals surface area contributed by atoms with Crippen LogP contribution in [0.2, 0.25) is 0 Å². The van der Waals surface area contributed by atoms with Gasteiger partial charge in [0.2, 0.25) is 5.71 Å². The highest BCUT2D eigenvalue weighted by molar-refractivity contribution is 6.06. The zero-order valence-corrected chi connectivity index (χ0v) is 15.9. The molecule has 3 aromatic rings. The van der Waals surface area contributed by atoms with E-state index in [0.29, 0.717) is 11.5 Å². The molecule has 1 aliphatic heterocycles. The van der Waals surface area contributed by atoms with Crippen LogP contribution in [-0.4, -0.2) is 34.6 Å². The maximum atomic E-state index is 12.5. The number of H-pyrrole nitrogens is 1. The van der Waals surface area contributed by atoms with Crippen LogP contribution in [0.3, 0.4) is 0 Å². The number of nitrogens with one attached hydrogen (secondary N) is 2. The van der Waals surface area contributed by atoms with Crippen molar-refractivity contribution in [2.75, 3.05) is 13.2 Å². The molecule has 0 spiro atoms. The standard InChI is InChI=1S/C20H21N3O5/c1-11-14(15-18(25)22-10-23-19(15)27-11)17(24)21-7-8-26-13-6-4-5-12-9-20(2,3)28-16(12)13/h4-6,10H,7-9H2,1-3H3,(H,21,24)(H,22,23,25). The third-order valence-electron chi connectivity index (χ3n) is 4.60. The molecule has 4 rings (SSSR count). The van der Waals surface area contributed by atoms with Gasteiger partial charge in [-0.15, -0.1) is 0 Å². The number of amides is 1. The molecule has 1 aromatic carbocycles. The quantitative estimate of drug-likeness (QED) is 0.655. The average molecular weight is 383 g/mol. The van der Waals surface area contributed by atoms with Crippen LogP contribution >= 0.6 is 0 Å². The number of carbonyl (C=O) groups is 1. The molecule has 8 nitrogen and oxygen atoms in total. The number of ether oxygens (including phenoxy) is 2. The van der Waals surface area contributed by atoms with Gasteiger partial charge in [0.15, 0.2) is 11.5 Å². The van der Waals surface area contributed by atoms with Crippen LogP contribution in [0.15, 0.2) is 33.7 Å². The van der Waals surface area contributed by atoms with E-state index in [1.54, 1.807) is 6.92 Å². The first-order chi connectivity index (χ1) is 13.4. The van der Waals surface area contributed by atoms with Gasteiger partial charge < -0.3 is 24.2 Å². The zero-order chi connectivity index (χ0) is 19.9. The lowest BCUT2D eigenvalue weighted by atomic mass is 10.0. The van der Waals surface area contributed by atoms with Crippen molar-refractivity contribution >= 4 is 17.0 Å². The summed E-state index contributed by atoms with van der Waals surface area (Å²) >= 11 is 0. The van der Waals surface area contributed by atoms with Crippen molar-refractivity contribution in [1.82, 2.24) is 15.3 Å². The second-order valence-corrected chi connectivity index (χ2v) is 7.33. The van der Waals surface area contributed by atoms with Gasteiger partial charge in [-0.05, 0) is 26.8 Å². The van der Waals surface area contributed by atoms with Crippen LogP contribution in [0.1, 0.15) is 35.5 Å². The van der Waals surface area contributed by atoms with E-state index < -0.39 is 11.5 Å². The van der Waals surface area contributed by atoms with E-state index in [4.69, 9.17) is 13.9 Å². The Morgan fingerprint density at radius 1 is 1.39 bits per heavy atom. The van der Waals surface area contributed by atoms with Gasteiger partial charge in [-0.25, -0.2) is 4.98 Å². The minimum absolute atomic E-state index is 0.141. The van der Waals surface area contributed by atoms with Crippen molar-refractivity contribution in [1.29, 1.82) is 0 Å². The normalized spacial score (nSPS) is 14.5. The van der Waals surface area contributed by atoms with E-state index in [2.05, 4.69) is 15.3 Å². The average Bonchev–Trinajstić information content (AvgIpc) is 3.14. The molecule has 0 atom stereocenters. The molecule has 1 amide bonds. The predicted octanol–water partition coefficient (Wildman–Crippen LogP) is 2.35. The van der Waals surface area contributed by atoms with E-state index in [1.807, 2.05) is 32.0 Å². The number of aromatic nitrogens is 2. The molecule has 1 aliphatic rings. The summed E-state index contributed by atoms with van der Waals surface area (Å²) in [5.41, 5.74) is 0.774. The Kier molecular flexibility index (Phi) is 4.33. The molecule has 0 bridgehead atoms. The highest BCUT2D eigenvalue weighted by Gasteiger charge is 2.32. The van der Waals surface area contributed by atoms with Crippen LogP contribution < -0.4 is 20.3 Å². The highest BCUT2D eigenvalue weighted by Crippen LogP contribution is 2.41. The fraction of sp³-hybridized carbons (Fsp3) is 0.350. The van der Waals surface area contributed by atoms with Gasteiger partial charge in [-0.1, -0.05) is 12.1 Å². The minimum Gasteiger partial charge on any atom is -0.488 e. The number of carbonyl (C=O) groups excluding carboxylic acids is 1. The first-order valence-corrected chi connectivity index (χ1v) is 9.04. The van der Waals surface area contributed by atoms with Crippen molar-refractivity contribution in [2.24, 2.45) is 0 Å². The number of hydrogen-bond donors (Lipinski definition) is 2. The summed E-state index contributed by atoms with van der Waals surface area (Å²) in [6.07, 6.45) is 2.07. The van der Waals surface area contributed by atoms with Crippen LogP contribution in [0.4, 0.5) is 0 Å². The number of nitrogens with zero attached hydrogens (tertiary/aromatic N) is 1. The monoisotopic (exact) mass is 383 g/mol. The smallest absolute Gasteiger partial charge is 0.262 e. The topological polar surface area (TPSA) is 106 Å². The van der Waals surface area contributed by atoms with Crippen molar-refractivity contribution < 1.29 is 18.7 Å². The summed E-state index contributed by atoms with van der Waals surface area (Å²) in [6.45, 7) is 6.21. The fourth-order valence-corrected chi connectivity index (χ4v) is 3.44. The molecule has 0 saturated carbocycles. The molecular weight excluding hydrogens is 362 g/mol. The number of fused-ring (bicyclic) bond motifs is 2. The Balaban J connectivity index is 1.41. The number of aromatic amines is 1. The second kappa shape index (κ2) is 6.70. The highest BCUT2D eigenvalue weighted by atomic mass is 16.5. The van der Waals surface area contributed by atoms with Gasteiger partial charge in [-0.3, -0.25) is 9.59 Å². The van der Waals surface area contributed by atoms with Crippen molar-refractivity contribution in [3.8, 4) is 11.5 Å². The second-order valence-electron chi connectivity index (χ2n) is 7.33. The maximum absolute atomic E-state index is 12.5. The number of aryl methyl sites for hydroxylation is 1. The summed E-state index contributed by atoms with van der Waals surface area (Å²) in [7, 11) is 0. The van der Waals surface area contributed by atoms with E-state index >= 15 is 0 Å². The first kappa shape index (κ1) is 18.1. The van der Waals surface area contributed by atoms with Crippen LogP contribution in [0.5, 0.6) is 11.5 Å². The first-order valence-electron chi connectivity index (χ1n) is 9.04. The Labute approximate surface area is 160 Å². The maximum Gasteiger partial charge on any atom is 0.262 e. The fourth-order valence-electron chi connectivity index (χ4n) is 3.44. The van der Waals surface area contributed by atoms with Crippen molar-refractivity contribution in [2.45, 2.75) is 32.8 Å². The Hall–Kier alpha value is -3.29. The summed E-state index contributed by atoms with van der Waals surface area (Å²) < 4.78 is 17.2. The van der Waals surface area contributed by atoms with Crippen LogP contribution in [0, 0.1) is 6.92 Å². The molecule has 2 aromatic heterocycles. The Bertz CT molecular complexity index is 1110. The number of benzene rings is 1. The van der Waals surface area contributed by atoms with Gasteiger partial charge in [0, 0.05) is 12.0 Å². The molecule has 8 heteroatoms. The molecular formula is C20H21N3O5. The third-order valence-corrected chi connectivity index (χ3v) is 4.60. The molecule has 0 unspecified atom stereocenters. The number of furan rings is 1. The molecule has 0 fully saturated rings. The molecule has 2 N–H and O–H groups in total. The van der Waals surface area contributed by atoms with Crippen molar-refractivity contribution in [3.63, 3.8) is 0 Å². The summed E-state index contributed by atoms with van der Waals surface area (Å²) in [6, 6.07) is 5.80. The van der Waals surface area contributed by atoms with Gasteiger partial charge in [0.05, 0.1) is 18.4 Å². The summed E-state index contributed by atoms with van der Waals surface area (Å²) in [5.74, 6) is 1.35. The van der Waals surface area contributed by atoms with Gasteiger partial charge in [0.25, 0.3) is 11.5 Å². The summed E-state index contributed by atoms with van der Waals surface area (Å²) in [4.78, 5) is 31.0. The van der Waals surface area contributed by atoms with Crippen molar-refractivity contribution in [3.05, 3.63) is 51.8 Å². The Morgan fingerprint density at radius 3 is 3.04 bits per heavy atom. The molecule has 0 saturated heterocycles. The largest absolute Gasteiger partial charge is 0.488 e. The van der Waals surface area contributed by atoms with Crippen LogP contribution in [0.25, 0.3) is 11.1 Å². The molecule has 28 heavy (non-hydrogen) atoms. The van der Waals surface area contributed by atoms with Crippen LogP contribution in [-0.2, 0) is 6.42 Å². The predicted molar refractivity (Wildman–Crippen MR) is 102 cm³/mol. The van der Waals surface area contributed by atoms with Gasteiger partial charge in [-0.2, -0.15) is 0 Å². The van der Waals surface area contributed by atoms with E-state index in [1.165, 1.54) is 6.33 Å². The van der Waals surface area contributed by atoms with E-state index in [-0.39, 0.29) is 35.4 Å². The molecule has 146 valence electrons. The van der Waals surface area contributed by atoms with Gasteiger partial charge in [0.1, 0.15) is 23.4 Å². The summed E-state index contributed by atoms with van der Waals surface area (Å²) in [5, 5.41) is 2.90. The lowest BCUT2D eigenvalue weighted by Gasteiger charge is -2.18. The lowest BCUT2D eigenvalue weighted by molar-refractivity contribution is 0.0946. The third kappa shape index (κ3) is 3.21. The minimum atomic E-state index is -0.414. The zero-order valence-electron chi connectivity index (χ0n) is 15.9. The SMILES string of the molecule is Cc1oc2nc[nH]c(=O)c2c1C(=O)NCCOc1cccc2c1OC(C)(C)C2. The molecule has 3 heterocycles. The number of hydrogen-bond acceptors (Lipinski definition) is 6. The lowest BCUT2D eigenvalue weighted by Crippen LogP contribution is -2.29. The molecule has 0 aliphatic carbocycles. The number of para-hydroxylation sites is 1. The van der Waals surface area contributed by atoms with E-state index in [0.717, 1.165) is 17.7 Å².